The Morgan fingerprint density at radius 3 is 3.06 bits per heavy atom. The Morgan fingerprint density at radius 1 is 1.47 bits per heavy atom. The van der Waals surface area contributed by atoms with Crippen molar-refractivity contribution < 1.29 is 4.42 Å². The molecule has 0 fully saturated rings. The van der Waals surface area contributed by atoms with Crippen LogP contribution < -0.4 is 5.32 Å². The van der Waals surface area contributed by atoms with Gasteiger partial charge in [-0.3, -0.25) is 4.68 Å². The first-order valence-electron chi connectivity index (χ1n) is 5.98. The Labute approximate surface area is 102 Å². The van der Waals surface area contributed by atoms with Crippen molar-refractivity contribution in [3.63, 3.8) is 0 Å². The molecule has 0 aliphatic heterocycles. The van der Waals surface area contributed by atoms with Crippen LogP contribution in [0.15, 0.2) is 35.2 Å². The molecule has 17 heavy (non-hydrogen) atoms. The second-order valence-electron chi connectivity index (χ2n) is 4.65. The van der Waals surface area contributed by atoms with E-state index in [9.17, 15) is 0 Å². The lowest BCUT2D eigenvalue weighted by molar-refractivity contribution is 0.477. The van der Waals surface area contributed by atoms with E-state index in [0.29, 0.717) is 12.5 Å². The van der Waals surface area contributed by atoms with Gasteiger partial charge in [0.25, 0.3) is 0 Å². The lowest BCUT2D eigenvalue weighted by atomic mass is 10.2. The highest BCUT2D eigenvalue weighted by atomic mass is 16.3. The summed E-state index contributed by atoms with van der Waals surface area (Å²) in [7, 11) is 0. The highest BCUT2D eigenvalue weighted by Crippen LogP contribution is 2.09. The molecule has 0 saturated heterocycles. The van der Waals surface area contributed by atoms with Crippen molar-refractivity contribution in [3.8, 4) is 0 Å². The molecule has 4 heteroatoms. The summed E-state index contributed by atoms with van der Waals surface area (Å²) in [4.78, 5) is 0. The maximum Gasteiger partial charge on any atom is 0.125 e. The summed E-state index contributed by atoms with van der Waals surface area (Å²) in [5, 5.41) is 7.54. The SMILES string of the molecule is CC(C)CNCc1coc(Cn2cccn2)c1. The Hall–Kier alpha value is -1.55. The van der Waals surface area contributed by atoms with Gasteiger partial charge in [0.05, 0.1) is 12.8 Å². The van der Waals surface area contributed by atoms with Crippen molar-refractivity contribution in [3.05, 3.63) is 42.1 Å². The van der Waals surface area contributed by atoms with E-state index < -0.39 is 0 Å². The Morgan fingerprint density at radius 2 is 2.35 bits per heavy atom. The first-order chi connectivity index (χ1) is 8.24. The number of rotatable bonds is 6. The molecular weight excluding hydrogens is 214 g/mol. The van der Waals surface area contributed by atoms with Crippen LogP contribution in [-0.4, -0.2) is 16.3 Å². The third-order valence-corrected chi connectivity index (χ3v) is 2.47. The van der Waals surface area contributed by atoms with Gasteiger partial charge in [-0.05, 0) is 24.6 Å². The second-order valence-corrected chi connectivity index (χ2v) is 4.65. The molecule has 2 aromatic heterocycles. The molecule has 0 atom stereocenters. The molecule has 4 nitrogen and oxygen atoms in total. The summed E-state index contributed by atoms with van der Waals surface area (Å²) < 4.78 is 7.35. The van der Waals surface area contributed by atoms with Crippen molar-refractivity contribution in [2.24, 2.45) is 5.92 Å². The average molecular weight is 233 g/mol. The van der Waals surface area contributed by atoms with Gasteiger partial charge in [-0.1, -0.05) is 13.8 Å². The van der Waals surface area contributed by atoms with E-state index in [0.717, 1.165) is 18.8 Å². The number of nitrogens with one attached hydrogen (secondary N) is 1. The lowest BCUT2D eigenvalue weighted by Crippen LogP contribution is -2.18. The number of aromatic nitrogens is 2. The summed E-state index contributed by atoms with van der Waals surface area (Å²) in [6.45, 7) is 6.98. The number of hydrogen-bond donors (Lipinski definition) is 1. The molecule has 2 heterocycles. The monoisotopic (exact) mass is 233 g/mol. The molecule has 0 spiro atoms. The molecule has 1 N–H and O–H groups in total. The van der Waals surface area contributed by atoms with Gasteiger partial charge in [-0.2, -0.15) is 5.10 Å². The van der Waals surface area contributed by atoms with Crippen LogP contribution in [0, 0.1) is 5.92 Å². The van der Waals surface area contributed by atoms with Gasteiger partial charge in [0, 0.05) is 24.5 Å². The van der Waals surface area contributed by atoms with Crippen molar-refractivity contribution >= 4 is 0 Å². The van der Waals surface area contributed by atoms with Crippen LogP contribution in [0.25, 0.3) is 0 Å². The van der Waals surface area contributed by atoms with E-state index in [4.69, 9.17) is 4.42 Å². The molecule has 0 radical (unpaired) electrons. The molecule has 0 aromatic carbocycles. The van der Waals surface area contributed by atoms with E-state index in [-0.39, 0.29) is 0 Å². The van der Waals surface area contributed by atoms with Gasteiger partial charge < -0.3 is 9.73 Å². The fourth-order valence-corrected chi connectivity index (χ4v) is 1.66. The first kappa shape index (κ1) is 11.9. The smallest absolute Gasteiger partial charge is 0.125 e. The predicted octanol–water partition coefficient (Wildman–Crippen LogP) is 2.27. The fourth-order valence-electron chi connectivity index (χ4n) is 1.66. The third kappa shape index (κ3) is 3.75. The predicted molar refractivity (Wildman–Crippen MR) is 66.6 cm³/mol. The van der Waals surface area contributed by atoms with E-state index in [1.165, 1.54) is 5.56 Å². The summed E-state index contributed by atoms with van der Waals surface area (Å²) in [5.41, 5.74) is 1.19. The zero-order chi connectivity index (χ0) is 12.1. The Balaban J connectivity index is 1.83. The van der Waals surface area contributed by atoms with Crippen LogP contribution in [0.5, 0.6) is 0 Å². The highest BCUT2D eigenvalue weighted by Gasteiger charge is 2.03. The van der Waals surface area contributed by atoms with E-state index in [1.807, 2.05) is 23.2 Å². The average Bonchev–Trinajstić information content (AvgIpc) is 2.90. The number of furan rings is 1. The minimum atomic E-state index is 0.672. The molecule has 0 bridgehead atoms. The van der Waals surface area contributed by atoms with Crippen LogP contribution in [0.1, 0.15) is 25.2 Å². The molecule has 2 rings (SSSR count). The Kier molecular flexibility index (Phi) is 3.98. The molecule has 2 aromatic rings. The highest BCUT2D eigenvalue weighted by molar-refractivity contribution is 5.12. The van der Waals surface area contributed by atoms with Gasteiger partial charge in [0.15, 0.2) is 0 Å². The molecule has 0 aliphatic rings. The van der Waals surface area contributed by atoms with Crippen molar-refractivity contribution in [1.29, 1.82) is 0 Å². The van der Waals surface area contributed by atoms with E-state index >= 15 is 0 Å². The number of hydrogen-bond acceptors (Lipinski definition) is 3. The van der Waals surface area contributed by atoms with Gasteiger partial charge in [0.2, 0.25) is 0 Å². The third-order valence-electron chi connectivity index (χ3n) is 2.47. The summed E-state index contributed by atoms with van der Waals surface area (Å²) in [5.74, 6) is 1.61. The van der Waals surface area contributed by atoms with Gasteiger partial charge in [-0.15, -0.1) is 0 Å². The Bertz CT molecular complexity index is 431. The largest absolute Gasteiger partial charge is 0.467 e. The standard InChI is InChI=1S/C13H19N3O/c1-11(2)7-14-8-12-6-13(17-10-12)9-16-5-3-4-15-16/h3-6,10-11,14H,7-9H2,1-2H3. The molecule has 0 unspecified atom stereocenters. The van der Waals surface area contributed by atoms with Crippen LogP contribution >= 0.6 is 0 Å². The summed E-state index contributed by atoms with van der Waals surface area (Å²) in [6.07, 6.45) is 5.51. The van der Waals surface area contributed by atoms with Crippen LogP contribution in [0.4, 0.5) is 0 Å². The van der Waals surface area contributed by atoms with Crippen molar-refractivity contribution in [2.75, 3.05) is 6.54 Å². The number of nitrogens with zero attached hydrogens (tertiary/aromatic N) is 2. The van der Waals surface area contributed by atoms with Crippen LogP contribution in [-0.2, 0) is 13.1 Å². The minimum Gasteiger partial charge on any atom is -0.467 e. The second kappa shape index (κ2) is 5.68. The minimum absolute atomic E-state index is 0.672. The van der Waals surface area contributed by atoms with Crippen LogP contribution in [0.2, 0.25) is 0 Å². The van der Waals surface area contributed by atoms with Gasteiger partial charge in [-0.25, -0.2) is 0 Å². The molecular formula is C13H19N3O. The van der Waals surface area contributed by atoms with Gasteiger partial charge >= 0.3 is 0 Å². The molecule has 0 saturated carbocycles. The molecule has 92 valence electrons. The lowest BCUT2D eigenvalue weighted by Gasteiger charge is -2.04. The van der Waals surface area contributed by atoms with E-state index in [2.05, 4.69) is 30.3 Å². The maximum absolute atomic E-state index is 5.49. The van der Waals surface area contributed by atoms with Crippen LogP contribution in [0.3, 0.4) is 0 Å². The maximum atomic E-state index is 5.49. The fraction of sp³-hybridized carbons (Fsp3) is 0.462. The zero-order valence-electron chi connectivity index (χ0n) is 10.4. The normalized spacial score (nSPS) is 11.2. The quantitative estimate of drug-likeness (QED) is 0.832. The van der Waals surface area contributed by atoms with Crippen molar-refractivity contribution in [2.45, 2.75) is 26.9 Å². The zero-order valence-corrected chi connectivity index (χ0v) is 10.4. The topological polar surface area (TPSA) is 43.0 Å². The molecule has 0 aliphatic carbocycles. The van der Waals surface area contributed by atoms with Crippen molar-refractivity contribution in [1.82, 2.24) is 15.1 Å². The first-order valence-corrected chi connectivity index (χ1v) is 5.98. The summed E-state index contributed by atoms with van der Waals surface area (Å²) in [6, 6.07) is 3.99. The summed E-state index contributed by atoms with van der Waals surface area (Å²) >= 11 is 0. The molecule has 0 amide bonds. The van der Waals surface area contributed by atoms with Gasteiger partial charge in [0.1, 0.15) is 5.76 Å². The van der Waals surface area contributed by atoms with E-state index in [1.54, 1.807) is 6.20 Å².